The molecule has 3 rings (SSSR count). The van der Waals surface area contributed by atoms with Crippen LogP contribution in [0.15, 0.2) is 36.5 Å². The van der Waals surface area contributed by atoms with E-state index in [4.69, 9.17) is 23.2 Å². The van der Waals surface area contributed by atoms with Gasteiger partial charge in [0.2, 0.25) is 0 Å². The molecule has 6 heteroatoms. The first-order valence-electron chi connectivity index (χ1n) is 7.83. The van der Waals surface area contributed by atoms with Crippen molar-refractivity contribution in [3.8, 4) is 0 Å². The van der Waals surface area contributed by atoms with Gasteiger partial charge in [-0.3, -0.25) is 14.7 Å². The first kappa shape index (κ1) is 17.2. The van der Waals surface area contributed by atoms with Crippen molar-refractivity contribution in [2.45, 2.75) is 31.8 Å². The Morgan fingerprint density at radius 3 is 2.75 bits per heavy atom. The number of halogens is 2. The van der Waals surface area contributed by atoms with Gasteiger partial charge in [-0.05, 0) is 49.1 Å². The number of benzene rings is 1. The van der Waals surface area contributed by atoms with Crippen molar-refractivity contribution in [3.63, 3.8) is 0 Å². The van der Waals surface area contributed by atoms with Gasteiger partial charge in [-0.1, -0.05) is 35.3 Å². The van der Waals surface area contributed by atoms with E-state index in [2.05, 4.69) is 4.98 Å². The SMILES string of the molecule is Cc1ccc(C(c2ccc(Cl)cc2Cl)N2CCCC2C(=O)O)nc1. The van der Waals surface area contributed by atoms with Gasteiger partial charge in [0.15, 0.2) is 0 Å². The molecular weight excluding hydrogens is 347 g/mol. The lowest BCUT2D eigenvalue weighted by Gasteiger charge is -2.31. The lowest BCUT2D eigenvalue weighted by molar-refractivity contribution is -0.142. The van der Waals surface area contributed by atoms with Gasteiger partial charge in [0.1, 0.15) is 6.04 Å². The Morgan fingerprint density at radius 2 is 2.12 bits per heavy atom. The Balaban J connectivity index is 2.10. The van der Waals surface area contributed by atoms with Gasteiger partial charge in [-0.25, -0.2) is 0 Å². The number of rotatable bonds is 4. The second-order valence-electron chi connectivity index (χ2n) is 6.06. The lowest BCUT2D eigenvalue weighted by atomic mass is 9.99. The molecule has 2 atom stereocenters. The summed E-state index contributed by atoms with van der Waals surface area (Å²) in [6.45, 7) is 2.66. The van der Waals surface area contributed by atoms with Crippen LogP contribution in [-0.2, 0) is 4.79 Å². The summed E-state index contributed by atoms with van der Waals surface area (Å²) in [5, 5.41) is 10.6. The van der Waals surface area contributed by atoms with Crippen molar-refractivity contribution in [2.75, 3.05) is 6.54 Å². The van der Waals surface area contributed by atoms with Gasteiger partial charge in [-0.15, -0.1) is 0 Å². The summed E-state index contributed by atoms with van der Waals surface area (Å²) >= 11 is 12.4. The van der Waals surface area contributed by atoms with Crippen LogP contribution in [0.3, 0.4) is 0 Å². The number of aryl methyl sites for hydroxylation is 1. The number of aliphatic carboxylic acids is 1. The van der Waals surface area contributed by atoms with Gasteiger partial charge in [0.05, 0.1) is 11.7 Å². The molecule has 2 unspecified atom stereocenters. The quantitative estimate of drug-likeness (QED) is 0.876. The van der Waals surface area contributed by atoms with Gasteiger partial charge in [0.25, 0.3) is 0 Å². The number of aromatic nitrogens is 1. The summed E-state index contributed by atoms with van der Waals surface area (Å²) in [5.41, 5.74) is 2.67. The number of hydrogen-bond acceptors (Lipinski definition) is 3. The van der Waals surface area contributed by atoms with Crippen LogP contribution in [-0.4, -0.2) is 33.5 Å². The lowest BCUT2D eigenvalue weighted by Crippen LogP contribution is -2.39. The molecule has 1 aliphatic rings. The maximum absolute atomic E-state index is 11.7. The van der Waals surface area contributed by atoms with Crippen molar-refractivity contribution >= 4 is 29.2 Å². The zero-order valence-electron chi connectivity index (χ0n) is 13.2. The molecule has 1 aromatic heterocycles. The molecule has 1 fully saturated rings. The third-order valence-corrected chi connectivity index (χ3v) is 4.94. The number of pyridine rings is 1. The van der Waals surface area contributed by atoms with E-state index in [0.29, 0.717) is 23.0 Å². The maximum Gasteiger partial charge on any atom is 0.320 e. The number of nitrogens with zero attached hydrogens (tertiary/aromatic N) is 2. The van der Waals surface area contributed by atoms with E-state index in [1.807, 2.05) is 30.0 Å². The molecule has 0 bridgehead atoms. The second kappa shape index (κ2) is 7.09. The maximum atomic E-state index is 11.7. The molecule has 2 heterocycles. The molecule has 0 radical (unpaired) electrons. The van der Waals surface area contributed by atoms with Crippen LogP contribution in [0.25, 0.3) is 0 Å². The molecule has 1 N–H and O–H groups in total. The Hall–Kier alpha value is -1.62. The van der Waals surface area contributed by atoms with Crippen molar-refractivity contribution in [2.24, 2.45) is 0 Å². The number of carboxylic acid groups (broad SMARTS) is 1. The van der Waals surface area contributed by atoms with Crippen LogP contribution < -0.4 is 0 Å². The standard InChI is InChI=1S/C18H18Cl2N2O2/c1-11-4-7-15(21-10-11)17(13-6-5-12(19)9-14(13)20)22-8-2-3-16(22)18(23)24/h4-7,9-10,16-17H,2-3,8H2,1H3,(H,23,24). The van der Waals surface area contributed by atoms with Crippen LogP contribution in [0.4, 0.5) is 0 Å². The molecule has 24 heavy (non-hydrogen) atoms. The van der Waals surface area contributed by atoms with Crippen molar-refractivity contribution in [1.29, 1.82) is 0 Å². The summed E-state index contributed by atoms with van der Waals surface area (Å²) in [6, 6.07) is 8.38. The van der Waals surface area contributed by atoms with Crippen LogP contribution in [0.5, 0.6) is 0 Å². The predicted octanol–water partition coefficient (Wildman–Crippen LogP) is 4.34. The third-order valence-electron chi connectivity index (χ3n) is 4.38. The fraction of sp³-hybridized carbons (Fsp3) is 0.333. The minimum Gasteiger partial charge on any atom is -0.480 e. The highest BCUT2D eigenvalue weighted by atomic mass is 35.5. The number of hydrogen-bond donors (Lipinski definition) is 1. The summed E-state index contributed by atoms with van der Waals surface area (Å²) in [7, 11) is 0. The third kappa shape index (κ3) is 3.41. The Labute approximate surface area is 151 Å². The fourth-order valence-corrected chi connectivity index (χ4v) is 3.75. The first-order chi connectivity index (χ1) is 11.5. The highest BCUT2D eigenvalue weighted by Gasteiger charge is 2.38. The number of carboxylic acids is 1. The zero-order chi connectivity index (χ0) is 17.3. The molecule has 1 aromatic carbocycles. The van der Waals surface area contributed by atoms with E-state index >= 15 is 0 Å². The van der Waals surface area contributed by atoms with Gasteiger partial charge in [0, 0.05) is 22.8 Å². The highest BCUT2D eigenvalue weighted by molar-refractivity contribution is 6.35. The molecule has 126 valence electrons. The predicted molar refractivity (Wildman–Crippen MR) is 94.6 cm³/mol. The molecule has 1 saturated heterocycles. The molecule has 4 nitrogen and oxygen atoms in total. The number of likely N-dealkylation sites (tertiary alicyclic amines) is 1. The van der Waals surface area contributed by atoms with Crippen LogP contribution in [0.2, 0.25) is 10.0 Å². The zero-order valence-corrected chi connectivity index (χ0v) is 14.8. The van der Waals surface area contributed by atoms with E-state index in [1.165, 1.54) is 0 Å². The summed E-state index contributed by atoms with van der Waals surface area (Å²) in [4.78, 5) is 18.2. The summed E-state index contributed by atoms with van der Waals surface area (Å²) in [6.07, 6.45) is 3.26. The average Bonchev–Trinajstić information content (AvgIpc) is 3.01. The normalized spacial score (nSPS) is 19.4. The Morgan fingerprint density at radius 1 is 1.33 bits per heavy atom. The molecule has 0 saturated carbocycles. The van der Waals surface area contributed by atoms with E-state index in [0.717, 1.165) is 23.2 Å². The summed E-state index contributed by atoms with van der Waals surface area (Å²) in [5.74, 6) is -0.810. The van der Waals surface area contributed by atoms with Gasteiger partial charge in [-0.2, -0.15) is 0 Å². The van der Waals surface area contributed by atoms with E-state index < -0.39 is 12.0 Å². The van der Waals surface area contributed by atoms with Crippen molar-refractivity contribution in [3.05, 3.63) is 63.4 Å². The van der Waals surface area contributed by atoms with E-state index in [1.54, 1.807) is 18.3 Å². The largest absolute Gasteiger partial charge is 0.480 e. The minimum atomic E-state index is -0.810. The highest BCUT2D eigenvalue weighted by Crippen LogP contribution is 2.38. The van der Waals surface area contributed by atoms with E-state index in [9.17, 15) is 9.90 Å². The smallest absolute Gasteiger partial charge is 0.320 e. The molecular formula is C18H18Cl2N2O2. The Kier molecular flexibility index (Phi) is 5.09. The Bertz CT molecular complexity index is 749. The first-order valence-corrected chi connectivity index (χ1v) is 8.59. The molecule has 0 spiro atoms. The van der Waals surface area contributed by atoms with Crippen LogP contribution in [0, 0.1) is 6.92 Å². The van der Waals surface area contributed by atoms with Gasteiger partial charge < -0.3 is 5.11 Å². The molecule has 2 aromatic rings. The fourth-order valence-electron chi connectivity index (χ4n) is 3.24. The van der Waals surface area contributed by atoms with E-state index in [-0.39, 0.29) is 6.04 Å². The molecule has 1 aliphatic heterocycles. The van der Waals surface area contributed by atoms with Crippen molar-refractivity contribution in [1.82, 2.24) is 9.88 Å². The minimum absolute atomic E-state index is 0.307. The summed E-state index contributed by atoms with van der Waals surface area (Å²) < 4.78 is 0. The van der Waals surface area contributed by atoms with Gasteiger partial charge >= 0.3 is 5.97 Å². The monoisotopic (exact) mass is 364 g/mol. The second-order valence-corrected chi connectivity index (χ2v) is 6.91. The van der Waals surface area contributed by atoms with Crippen LogP contribution >= 0.6 is 23.2 Å². The average molecular weight is 365 g/mol. The van der Waals surface area contributed by atoms with Crippen molar-refractivity contribution < 1.29 is 9.90 Å². The molecule has 0 amide bonds. The number of carbonyl (C=O) groups is 1. The topological polar surface area (TPSA) is 53.4 Å². The molecule has 0 aliphatic carbocycles. The van der Waals surface area contributed by atoms with Crippen LogP contribution in [0.1, 0.15) is 35.7 Å².